The summed E-state index contributed by atoms with van der Waals surface area (Å²) >= 11 is 0. The Balaban J connectivity index is 2.33. The van der Waals surface area contributed by atoms with Gasteiger partial charge in [-0.2, -0.15) is 0 Å². The van der Waals surface area contributed by atoms with Crippen LogP contribution in [0.3, 0.4) is 0 Å². The minimum atomic E-state index is 0.778. The predicted molar refractivity (Wildman–Crippen MR) is 44.2 cm³/mol. The van der Waals surface area contributed by atoms with Crippen LogP contribution < -0.4 is 5.32 Å². The molecule has 2 nitrogen and oxygen atoms in total. The first kappa shape index (κ1) is 8.02. The van der Waals surface area contributed by atoms with Crippen LogP contribution in [0, 0.1) is 0 Å². The van der Waals surface area contributed by atoms with Gasteiger partial charge in [0.15, 0.2) is 0 Å². The molecule has 0 radical (unpaired) electrons. The fraction of sp³-hybridized carbons (Fsp3) is 1.00. The third kappa shape index (κ3) is 1.50. The van der Waals surface area contributed by atoms with Gasteiger partial charge in [-0.25, -0.2) is 0 Å². The first-order chi connectivity index (χ1) is 4.75. The summed E-state index contributed by atoms with van der Waals surface area (Å²) in [6, 6.07) is 1.57. The number of hydrogen-bond donors (Lipinski definition) is 1. The van der Waals surface area contributed by atoms with E-state index in [1.54, 1.807) is 0 Å². The van der Waals surface area contributed by atoms with E-state index in [2.05, 4.69) is 24.2 Å². The van der Waals surface area contributed by atoms with Gasteiger partial charge in [0.1, 0.15) is 0 Å². The highest BCUT2D eigenvalue weighted by atomic mass is 15.2. The molecule has 0 spiro atoms. The number of nitrogens with zero attached hydrogens (tertiary/aromatic N) is 1. The fourth-order valence-electron chi connectivity index (χ4n) is 1.68. The molecule has 1 saturated heterocycles. The van der Waals surface area contributed by atoms with Crippen LogP contribution in [0.1, 0.15) is 19.8 Å². The van der Waals surface area contributed by atoms with Crippen molar-refractivity contribution in [2.45, 2.75) is 31.8 Å². The molecular formula is C8H18N2. The molecule has 0 aliphatic carbocycles. The molecule has 1 aliphatic heterocycles. The summed E-state index contributed by atoms with van der Waals surface area (Å²) in [7, 11) is 4.25. The van der Waals surface area contributed by atoms with E-state index >= 15 is 0 Å². The minimum Gasteiger partial charge on any atom is -0.318 e. The van der Waals surface area contributed by atoms with Crippen LogP contribution in [0.4, 0.5) is 0 Å². The first-order valence-electron chi connectivity index (χ1n) is 4.12. The van der Waals surface area contributed by atoms with Crippen molar-refractivity contribution >= 4 is 0 Å². The Morgan fingerprint density at radius 3 is 2.60 bits per heavy atom. The van der Waals surface area contributed by atoms with Gasteiger partial charge in [0.2, 0.25) is 0 Å². The lowest BCUT2D eigenvalue weighted by atomic mass is 10.2. The van der Waals surface area contributed by atoms with Crippen molar-refractivity contribution < 1.29 is 0 Å². The summed E-state index contributed by atoms with van der Waals surface area (Å²) in [5, 5.41) is 3.22. The van der Waals surface area contributed by atoms with Crippen molar-refractivity contribution in [2.24, 2.45) is 0 Å². The molecule has 2 atom stereocenters. The second-order valence-corrected chi connectivity index (χ2v) is 3.30. The quantitative estimate of drug-likeness (QED) is 0.610. The van der Waals surface area contributed by atoms with E-state index in [9.17, 15) is 0 Å². The Labute approximate surface area is 63.6 Å². The molecular weight excluding hydrogens is 124 g/mol. The van der Waals surface area contributed by atoms with E-state index in [0.717, 1.165) is 18.6 Å². The molecule has 1 fully saturated rings. The van der Waals surface area contributed by atoms with E-state index < -0.39 is 0 Å². The third-order valence-electron chi connectivity index (χ3n) is 2.63. The van der Waals surface area contributed by atoms with Crippen molar-refractivity contribution in [2.75, 3.05) is 20.6 Å². The Kier molecular flexibility index (Phi) is 2.69. The standard InChI is InChI=1S/C8H18N2/c1-7-4-5-8(6-9-2)10(7)3/h7-9H,4-6H2,1-3H3. The fourth-order valence-corrected chi connectivity index (χ4v) is 1.68. The predicted octanol–water partition coefficient (Wildman–Crippen LogP) is 0.688. The average Bonchev–Trinajstić information content (AvgIpc) is 2.20. The lowest BCUT2D eigenvalue weighted by Crippen LogP contribution is -2.36. The maximum absolute atomic E-state index is 3.22. The molecule has 0 aromatic rings. The molecule has 0 saturated carbocycles. The summed E-state index contributed by atoms with van der Waals surface area (Å²) in [5.41, 5.74) is 0. The van der Waals surface area contributed by atoms with E-state index in [4.69, 9.17) is 0 Å². The highest BCUT2D eigenvalue weighted by molar-refractivity contribution is 4.83. The number of nitrogens with one attached hydrogen (secondary N) is 1. The summed E-state index contributed by atoms with van der Waals surface area (Å²) in [4.78, 5) is 2.47. The van der Waals surface area contributed by atoms with Crippen LogP contribution in [0.2, 0.25) is 0 Å². The molecule has 1 aliphatic rings. The van der Waals surface area contributed by atoms with Crippen LogP contribution in [-0.2, 0) is 0 Å². The molecule has 0 bridgehead atoms. The van der Waals surface area contributed by atoms with Crippen LogP contribution >= 0.6 is 0 Å². The van der Waals surface area contributed by atoms with Crippen LogP contribution in [0.5, 0.6) is 0 Å². The number of rotatable bonds is 2. The number of likely N-dealkylation sites (tertiary alicyclic amines) is 1. The van der Waals surface area contributed by atoms with Gasteiger partial charge in [0.25, 0.3) is 0 Å². The van der Waals surface area contributed by atoms with E-state index in [-0.39, 0.29) is 0 Å². The summed E-state index contributed by atoms with van der Waals surface area (Å²) in [6.07, 6.45) is 2.72. The van der Waals surface area contributed by atoms with E-state index in [1.165, 1.54) is 12.8 Å². The van der Waals surface area contributed by atoms with Gasteiger partial charge in [-0.05, 0) is 33.9 Å². The normalized spacial score (nSPS) is 35.1. The lowest BCUT2D eigenvalue weighted by Gasteiger charge is -2.22. The molecule has 60 valence electrons. The van der Waals surface area contributed by atoms with Gasteiger partial charge < -0.3 is 5.32 Å². The number of hydrogen-bond acceptors (Lipinski definition) is 2. The van der Waals surface area contributed by atoms with Crippen LogP contribution in [0.25, 0.3) is 0 Å². The molecule has 1 rings (SSSR count). The van der Waals surface area contributed by atoms with Gasteiger partial charge in [0, 0.05) is 18.6 Å². The number of likely N-dealkylation sites (N-methyl/N-ethyl adjacent to an activating group) is 2. The van der Waals surface area contributed by atoms with Gasteiger partial charge in [-0.15, -0.1) is 0 Å². The highest BCUT2D eigenvalue weighted by Crippen LogP contribution is 2.20. The Morgan fingerprint density at radius 2 is 2.20 bits per heavy atom. The monoisotopic (exact) mass is 142 g/mol. The molecule has 0 aromatic heterocycles. The van der Waals surface area contributed by atoms with Crippen molar-refractivity contribution in [1.82, 2.24) is 10.2 Å². The molecule has 0 aromatic carbocycles. The molecule has 2 heteroatoms. The van der Waals surface area contributed by atoms with Gasteiger partial charge >= 0.3 is 0 Å². The Hall–Kier alpha value is -0.0800. The molecule has 1 N–H and O–H groups in total. The van der Waals surface area contributed by atoms with Gasteiger partial charge in [0.05, 0.1) is 0 Å². The van der Waals surface area contributed by atoms with E-state index in [0.29, 0.717) is 0 Å². The zero-order chi connectivity index (χ0) is 7.56. The maximum atomic E-state index is 3.22. The SMILES string of the molecule is CNCC1CCC(C)N1C. The largest absolute Gasteiger partial charge is 0.318 e. The van der Waals surface area contributed by atoms with E-state index in [1.807, 2.05) is 7.05 Å². The topological polar surface area (TPSA) is 15.3 Å². The summed E-state index contributed by atoms with van der Waals surface area (Å²) < 4.78 is 0. The molecule has 0 amide bonds. The van der Waals surface area contributed by atoms with Crippen molar-refractivity contribution in [3.8, 4) is 0 Å². The van der Waals surface area contributed by atoms with Crippen LogP contribution in [-0.4, -0.2) is 37.6 Å². The second kappa shape index (κ2) is 3.35. The maximum Gasteiger partial charge on any atom is 0.0220 e. The van der Waals surface area contributed by atoms with Gasteiger partial charge in [-0.3, -0.25) is 4.90 Å². The van der Waals surface area contributed by atoms with Crippen molar-refractivity contribution in [3.63, 3.8) is 0 Å². The zero-order valence-corrected chi connectivity index (χ0v) is 7.22. The zero-order valence-electron chi connectivity index (χ0n) is 7.22. The third-order valence-corrected chi connectivity index (χ3v) is 2.63. The minimum absolute atomic E-state index is 0.778. The molecule has 2 unspecified atom stereocenters. The van der Waals surface area contributed by atoms with Crippen molar-refractivity contribution in [1.29, 1.82) is 0 Å². The van der Waals surface area contributed by atoms with Crippen molar-refractivity contribution in [3.05, 3.63) is 0 Å². The summed E-state index contributed by atoms with van der Waals surface area (Å²) in [5.74, 6) is 0. The molecule has 1 heterocycles. The second-order valence-electron chi connectivity index (χ2n) is 3.30. The van der Waals surface area contributed by atoms with Gasteiger partial charge in [-0.1, -0.05) is 0 Å². The van der Waals surface area contributed by atoms with Crippen LogP contribution in [0.15, 0.2) is 0 Å². The Morgan fingerprint density at radius 1 is 1.50 bits per heavy atom. The smallest absolute Gasteiger partial charge is 0.0220 e. The molecule has 10 heavy (non-hydrogen) atoms. The lowest BCUT2D eigenvalue weighted by molar-refractivity contribution is 0.250. The first-order valence-corrected chi connectivity index (χ1v) is 4.12. The highest BCUT2D eigenvalue weighted by Gasteiger charge is 2.25. The summed E-state index contributed by atoms with van der Waals surface area (Å²) in [6.45, 7) is 3.44. The Bertz CT molecular complexity index is 101. The average molecular weight is 142 g/mol.